The van der Waals surface area contributed by atoms with Crippen LogP contribution in [0.2, 0.25) is 0 Å². The van der Waals surface area contributed by atoms with Crippen molar-refractivity contribution in [2.24, 2.45) is 0 Å². The third kappa shape index (κ3) is 4.10. The van der Waals surface area contributed by atoms with Gasteiger partial charge in [0.1, 0.15) is 5.75 Å². The number of carbonyl (C=O) groups is 2. The lowest BCUT2D eigenvalue weighted by atomic mass is 10.1. The monoisotopic (exact) mass is 398 g/mol. The Morgan fingerprint density at radius 1 is 0.867 bits per heavy atom. The van der Waals surface area contributed by atoms with Crippen LogP contribution in [0, 0.1) is 0 Å². The Balaban J connectivity index is 1.52. The average molecular weight is 398 g/mol. The molecule has 4 aromatic rings. The van der Waals surface area contributed by atoms with Crippen LogP contribution in [0.3, 0.4) is 0 Å². The first-order chi connectivity index (χ1) is 14.6. The van der Waals surface area contributed by atoms with Crippen molar-refractivity contribution in [2.45, 2.75) is 0 Å². The van der Waals surface area contributed by atoms with Crippen LogP contribution in [0.4, 0.5) is 11.4 Å². The van der Waals surface area contributed by atoms with Gasteiger partial charge in [-0.15, -0.1) is 0 Å². The van der Waals surface area contributed by atoms with Crippen LogP contribution < -0.4 is 15.4 Å². The molecular weight excluding hydrogens is 380 g/mol. The Bertz CT molecular complexity index is 1220. The summed E-state index contributed by atoms with van der Waals surface area (Å²) in [6.07, 6.45) is 4.50. The van der Waals surface area contributed by atoms with Crippen molar-refractivity contribution in [3.8, 4) is 5.75 Å². The SMILES string of the molecule is COc1ccc(NC(=O)c2cncc(C(=O)Nc3cccc4cccnc34)c2)cc1. The number of anilines is 2. The molecule has 0 unspecified atom stereocenters. The number of aromatic nitrogens is 2. The zero-order valence-corrected chi connectivity index (χ0v) is 16.1. The molecule has 0 radical (unpaired) electrons. The van der Waals surface area contributed by atoms with Gasteiger partial charge in [-0.1, -0.05) is 18.2 Å². The molecule has 0 atom stereocenters. The summed E-state index contributed by atoms with van der Waals surface area (Å²) in [5.41, 5.74) is 2.43. The number of hydrogen-bond donors (Lipinski definition) is 2. The molecule has 0 spiro atoms. The van der Waals surface area contributed by atoms with E-state index in [1.54, 1.807) is 43.6 Å². The molecule has 4 rings (SSSR count). The Kier molecular flexibility index (Phi) is 5.34. The molecule has 0 bridgehead atoms. The van der Waals surface area contributed by atoms with E-state index in [0.717, 1.165) is 5.39 Å². The van der Waals surface area contributed by atoms with Crippen molar-refractivity contribution >= 4 is 34.1 Å². The Hall–Kier alpha value is -4.26. The zero-order chi connectivity index (χ0) is 20.9. The van der Waals surface area contributed by atoms with Crippen molar-refractivity contribution in [3.63, 3.8) is 0 Å². The van der Waals surface area contributed by atoms with Crippen LogP contribution in [-0.4, -0.2) is 28.9 Å². The molecule has 0 aliphatic carbocycles. The molecule has 2 aromatic carbocycles. The number of amides is 2. The van der Waals surface area contributed by atoms with Crippen LogP contribution in [0.15, 0.2) is 79.3 Å². The highest BCUT2D eigenvalue weighted by molar-refractivity contribution is 6.10. The van der Waals surface area contributed by atoms with Gasteiger partial charge in [0.05, 0.1) is 29.4 Å². The molecular formula is C23H18N4O3. The number of nitrogens with zero attached hydrogens (tertiary/aromatic N) is 2. The normalized spacial score (nSPS) is 10.4. The number of nitrogens with one attached hydrogen (secondary N) is 2. The number of para-hydroxylation sites is 1. The minimum Gasteiger partial charge on any atom is -0.497 e. The molecule has 2 N–H and O–H groups in total. The lowest BCUT2D eigenvalue weighted by Gasteiger charge is -2.09. The third-order valence-electron chi connectivity index (χ3n) is 4.49. The minimum atomic E-state index is -0.375. The summed E-state index contributed by atoms with van der Waals surface area (Å²) in [5.74, 6) is -0.0508. The van der Waals surface area contributed by atoms with Gasteiger partial charge in [-0.05, 0) is 42.5 Å². The Morgan fingerprint density at radius 2 is 1.57 bits per heavy atom. The second-order valence-corrected chi connectivity index (χ2v) is 6.48. The lowest BCUT2D eigenvalue weighted by molar-refractivity contribution is 0.102. The molecule has 7 heteroatoms. The van der Waals surface area contributed by atoms with Gasteiger partial charge in [0, 0.05) is 29.7 Å². The summed E-state index contributed by atoms with van der Waals surface area (Å²) >= 11 is 0. The fourth-order valence-electron chi connectivity index (χ4n) is 2.97. The number of rotatable bonds is 5. The third-order valence-corrected chi connectivity index (χ3v) is 4.49. The number of fused-ring (bicyclic) bond motifs is 1. The van der Waals surface area contributed by atoms with E-state index in [1.807, 2.05) is 24.3 Å². The van der Waals surface area contributed by atoms with Gasteiger partial charge in [-0.3, -0.25) is 19.6 Å². The first-order valence-corrected chi connectivity index (χ1v) is 9.19. The van der Waals surface area contributed by atoms with Crippen molar-refractivity contribution in [1.82, 2.24) is 9.97 Å². The molecule has 0 aliphatic heterocycles. The Morgan fingerprint density at radius 3 is 2.30 bits per heavy atom. The van der Waals surface area contributed by atoms with E-state index >= 15 is 0 Å². The van der Waals surface area contributed by atoms with Gasteiger partial charge >= 0.3 is 0 Å². The number of pyridine rings is 2. The molecule has 0 aliphatic rings. The highest BCUT2D eigenvalue weighted by Gasteiger charge is 2.13. The van der Waals surface area contributed by atoms with Crippen molar-refractivity contribution < 1.29 is 14.3 Å². The quantitative estimate of drug-likeness (QED) is 0.527. The van der Waals surface area contributed by atoms with Crippen LogP contribution in [0.25, 0.3) is 10.9 Å². The van der Waals surface area contributed by atoms with Crippen molar-refractivity contribution in [3.05, 3.63) is 90.4 Å². The topological polar surface area (TPSA) is 93.2 Å². The smallest absolute Gasteiger partial charge is 0.257 e. The second-order valence-electron chi connectivity index (χ2n) is 6.48. The first-order valence-electron chi connectivity index (χ1n) is 9.19. The van der Waals surface area contributed by atoms with Crippen molar-refractivity contribution in [2.75, 3.05) is 17.7 Å². The van der Waals surface area contributed by atoms with E-state index in [9.17, 15) is 9.59 Å². The highest BCUT2D eigenvalue weighted by atomic mass is 16.5. The Labute approximate surface area is 172 Å². The van der Waals surface area contributed by atoms with Crippen LogP contribution in [0.1, 0.15) is 20.7 Å². The van der Waals surface area contributed by atoms with Gasteiger partial charge in [-0.25, -0.2) is 0 Å². The van der Waals surface area contributed by atoms with Gasteiger partial charge in [0.2, 0.25) is 0 Å². The number of benzene rings is 2. The minimum absolute atomic E-state index is 0.269. The number of hydrogen-bond acceptors (Lipinski definition) is 5. The van der Waals surface area contributed by atoms with E-state index in [-0.39, 0.29) is 22.9 Å². The summed E-state index contributed by atoms with van der Waals surface area (Å²) in [6.45, 7) is 0. The predicted molar refractivity (Wildman–Crippen MR) is 115 cm³/mol. The first kappa shape index (κ1) is 19.1. The standard InChI is InChI=1S/C23H18N4O3/c1-30-19-9-7-18(8-10-19)26-22(28)16-12-17(14-24-13-16)23(29)27-20-6-2-4-15-5-3-11-25-21(15)20/h2-14H,1H3,(H,26,28)(H,27,29). The molecule has 0 saturated carbocycles. The van der Waals surface area contributed by atoms with E-state index in [4.69, 9.17) is 4.74 Å². The maximum atomic E-state index is 12.7. The fourth-order valence-corrected chi connectivity index (χ4v) is 2.97. The van der Waals surface area contributed by atoms with E-state index < -0.39 is 0 Å². The number of methoxy groups -OCH3 is 1. The van der Waals surface area contributed by atoms with Gasteiger partial charge in [0.15, 0.2) is 0 Å². The summed E-state index contributed by atoms with van der Waals surface area (Å²) in [6, 6.07) is 17.8. The molecule has 0 saturated heterocycles. The number of ether oxygens (including phenoxy) is 1. The summed E-state index contributed by atoms with van der Waals surface area (Å²) in [5, 5.41) is 6.53. The fraction of sp³-hybridized carbons (Fsp3) is 0.0435. The maximum Gasteiger partial charge on any atom is 0.257 e. The van der Waals surface area contributed by atoms with E-state index in [1.165, 1.54) is 18.5 Å². The van der Waals surface area contributed by atoms with E-state index in [2.05, 4.69) is 20.6 Å². The van der Waals surface area contributed by atoms with Crippen LogP contribution in [-0.2, 0) is 0 Å². The molecule has 2 aromatic heterocycles. The maximum absolute atomic E-state index is 12.7. The molecule has 2 heterocycles. The van der Waals surface area contributed by atoms with Crippen molar-refractivity contribution in [1.29, 1.82) is 0 Å². The summed E-state index contributed by atoms with van der Waals surface area (Å²) in [7, 11) is 1.57. The summed E-state index contributed by atoms with van der Waals surface area (Å²) < 4.78 is 5.10. The number of carbonyl (C=O) groups excluding carboxylic acids is 2. The average Bonchev–Trinajstić information content (AvgIpc) is 2.80. The lowest BCUT2D eigenvalue weighted by Crippen LogP contribution is -2.16. The highest BCUT2D eigenvalue weighted by Crippen LogP contribution is 2.21. The van der Waals surface area contributed by atoms with Gasteiger partial charge < -0.3 is 15.4 Å². The van der Waals surface area contributed by atoms with Gasteiger partial charge in [0.25, 0.3) is 11.8 Å². The van der Waals surface area contributed by atoms with Gasteiger partial charge in [-0.2, -0.15) is 0 Å². The van der Waals surface area contributed by atoms with Crippen LogP contribution >= 0.6 is 0 Å². The summed E-state index contributed by atoms with van der Waals surface area (Å²) in [4.78, 5) is 33.7. The predicted octanol–water partition coefficient (Wildman–Crippen LogP) is 4.14. The van der Waals surface area contributed by atoms with Crippen LogP contribution in [0.5, 0.6) is 5.75 Å². The molecule has 7 nitrogen and oxygen atoms in total. The molecule has 148 valence electrons. The molecule has 2 amide bonds. The second kappa shape index (κ2) is 8.40. The molecule has 30 heavy (non-hydrogen) atoms. The van der Waals surface area contributed by atoms with E-state index in [0.29, 0.717) is 22.6 Å². The zero-order valence-electron chi connectivity index (χ0n) is 16.1. The largest absolute Gasteiger partial charge is 0.497 e. The molecule has 0 fully saturated rings.